The molecule has 0 radical (unpaired) electrons. The zero-order valence-electron chi connectivity index (χ0n) is 16.8. The number of nitrogens with zero attached hydrogens (tertiary/aromatic N) is 2. The van der Waals surface area contributed by atoms with Gasteiger partial charge in [-0.15, -0.1) is 11.3 Å². The molecule has 2 N–H and O–H groups in total. The van der Waals surface area contributed by atoms with E-state index in [0.29, 0.717) is 15.6 Å². The van der Waals surface area contributed by atoms with Gasteiger partial charge >= 0.3 is 0 Å². The van der Waals surface area contributed by atoms with E-state index in [9.17, 15) is 19.7 Å². The second-order valence-electron chi connectivity index (χ2n) is 6.73. The van der Waals surface area contributed by atoms with Crippen molar-refractivity contribution in [2.45, 2.75) is 4.34 Å². The standard InChI is InChI=1S/C22H15BrN4O4S2/c23-14-7-5-13(6-8-14)21(29)24-15-9-10-17-19(11-15)33-22(26-17)32-12-20(28)25-16-3-1-2-4-18(16)27(30)31/h1-11H,12H2,(H,24,29)(H,25,28). The second-order valence-corrected chi connectivity index (χ2v) is 9.90. The fraction of sp³-hybridized carbons (Fsp3) is 0.0455. The Morgan fingerprint density at radius 3 is 2.58 bits per heavy atom. The Morgan fingerprint density at radius 2 is 1.82 bits per heavy atom. The molecule has 33 heavy (non-hydrogen) atoms. The number of hydrogen-bond acceptors (Lipinski definition) is 7. The van der Waals surface area contributed by atoms with Crippen LogP contribution in [0.3, 0.4) is 0 Å². The Balaban J connectivity index is 1.39. The van der Waals surface area contributed by atoms with Crippen LogP contribution >= 0.6 is 39.0 Å². The number of amides is 2. The molecule has 8 nitrogen and oxygen atoms in total. The first-order valence-electron chi connectivity index (χ1n) is 9.52. The predicted molar refractivity (Wildman–Crippen MR) is 134 cm³/mol. The van der Waals surface area contributed by atoms with Crippen LogP contribution in [-0.2, 0) is 4.79 Å². The van der Waals surface area contributed by atoms with Crippen molar-refractivity contribution < 1.29 is 14.5 Å². The topological polar surface area (TPSA) is 114 Å². The van der Waals surface area contributed by atoms with Crippen LogP contribution in [0.25, 0.3) is 10.2 Å². The summed E-state index contributed by atoms with van der Waals surface area (Å²) in [5.41, 5.74) is 1.94. The average molecular weight is 543 g/mol. The molecular formula is C22H15BrN4O4S2. The van der Waals surface area contributed by atoms with Crippen LogP contribution in [0.1, 0.15) is 10.4 Å². The highest BCUT2D eigenvalue weighted by Gasteiger charge is 2.16. The van der Waals surface area contributed by atoms with Crippen LogP contribution in [0, 0.1) is 10.1 Å². The van der Waals surface area contributed by atoms with Gasteiger partial charge in [-0.3, -0.25) is 19.7 Å². The summed E-state index contributed by atoms with van der Waals surface area (Å²) in [7, 11) is 0. The maximum atomic E-state index is 12.4. The molecule has 0 fully saturated rings. The highest BCUT2D eigenvalue weighted by molar-refractivity contribution is 9.10. The lowest BCUT2D eigenvalue weighted by atomic mass is 10.2. The van der Waals surface area contributed by atoms with E-state index in [-0.39, 0.29) is 28.9 Å². The Labute approximate surface area is 204 Å². The lowest BCUT2D eigenvalue weighted by molar-refractivity contribution is -0.383. The summed E-state index contributed by atoms with van der Waals surface area (Å²) in [6, 6.07) is 18.5. The molecule has 4 aromatic rings. The van der Waals surface area contributed by atoms with Crippen molar-refractivity contribution in [3.63, 3.8) is 0 Å². The van der Waals surface area contributed by atoms with Crippen LogP contribution in [0.2, 0.25) is 0 Å². The monoisotopic (exact) mass is 542 g/mol. The van der Waals surface area contributed by atoms with E-state index in [4.69, 9.17) is 0 Å². The maximum absolute atomic E-state index is 12.4. The van der Waals surface area contributed by atoms with Crippen LogP contribution in [-0.4, -0.2) is 27.5 Å². The summed E-state index contributed by atoms with van der Waals surface area (Å²) in [6.07, 6.45) is 0. The van der Waals surface area contributed by atoms with Gasteiger partial charge in [-0.25, -0.2) is 4.98 Å². The molecule has 4 rings (SSSR count). The van der Waals surface area contributed by atoms with E-state index in [1.54, 1.807) is 48.5 Å². The first kappa shape index (κ1) is 22.9. The Morgan fingerprint density at radius 1 is 1.06 bits per heavy atom. The molecule has 166 valence electrons. The van der Waals surface area contributed by atoms with Gasteiger partial charge in [-0.05, 0) is 48.5 Å². The van der Waals surface area contributed by atoms with E-state index in [1.807, 2.05) is 6.07 Å². The molecule has 0 atom stereocenters. The van der Waals surface area contributed by atoms with Gasteiger partial charge in [0.1, 0.15) is 5.69 Å². The second kappa shape index (κ2) is 10.1. The number of nitrogens with one attached hydrogen (secondary N) is 2. The van der Waals surface area contributed by atoms with Crippen molar-refractivity contribution in [2.24, 2.45) is 0 Å². The number of thioether (sulfide) groups is 1. The minimum atomic E-state index is -0.538. The molecular weight excluding hydrogens is 528 g/mol. The van der Waals surface area contributed by atoms with Crippen LogP contribution in [0.5, 0.6) is 0 Å². The Kier molecular flexibility index (Phi) is 7.02. The van der Waals surface area contributed by atoms with E-state index in [0.717, 1.165) is 14.7 Å². The quantitative estimate of drug-likeness (QED) is 0.169. The first-order valence-corrected chi connectivity index (χ1v) is 12.1. The highest BCUT2D eigenvalue weighted by atomic mass is 79.9. The molecule has 0 aliphatic rings. The number of aromatic nitrogens is 1. The van der Waals surface area contributed by atoms with Crippen molar-refractivity contribution in [1.29, 1.82) is 0 Å². The lowest BCUT2D eigenvalue weighted by Crippen LogP contribution is -2.15. The van der Waals surface area contributed by atoms with Gasteiger partial charge in [-0.1, -0.05) is 39.8 Å². The summed E-state index contributed by atoms with van der Waals surface area (Å²) in [5, 5.41) is 16.5. The maximum Gasteiger partial charge on any atom is 0.292 e. The third-order valence-corrected chi connectivity index (χ3v) is 7.12. The number of benzene rings is 3. The van der Waals surface area contributed by atoms with Gasteiger partial charge in [0.2, 0.25) is 5.91 Å². The molecule has 1 aromatic heterocycles. The van der Waals surface area contributed by atoms with Crippen molar-refractivity contribution in [3.05, 3.63) is 86.9 Å². The summed E-state index contributed by atoms with van der Waals surface area (Å²) in [4.78, 5) is 39.8. The molecule has 0 aliphatic carbocycles. The molecule has 0 unspecified atom stereocenters. The number of fused-ring (bicyclic) bond motifs is 1. The summed E-state index contributed by atoms with van der Waals surface area (Å²) < 4.78 is 2.44. The SMILES string of the molecule is O=C(CSc1nc2ccc(NC(=O)c3ccc(Br)cc3)cc2s1)Nc1ccccc1[N+](=O)[O-]. The summed E-state index contributed by atoms with van der Waals surface area (Å²) in [6.45, 7) is 0. The van der Waals surface area contributed by atoms with E-state index in [1.165, 1.54) is 35.2 Å². The molecule has 1 heterocycles. The molecule has 0 saturated carbocycles. The van der Waals surface area contributed by atoms with Gasteiger partial charge in [0.25, 0.3) is 11.6 Å². The van der Waals surface area contributed by atoms with Crippen LogP contribution < -0.4 is 10.6 Å². The van der Waals surface area contributed by atoms with E-state index < -0.39 is 4.92 Å². The number of carbonyl (C=O) groups is 2. The Hall–Kier alpha value is -3.28. The van der Waals surface area contributed by atoms with Crippen LogP contribution in [0.15, 0.2) is 75.5 Å². The number of nitro groups is 1. The molecule has 0 saturated heterocycles. The zero-order valence-corrected chi connectivity index (χ0v) is 20.0. The van der Waals surface area contributed by atoms with Crippen molar-refractivity contribution in [1.82, 2.24) is 4.98 Å². The number of thiazole rings is 1. The number of nitro benzene ring substituents is 1. The van der Waals surface area contributed by atoms with E-state index >= 15 is 0 Å². The van der Waals surface area contributed by atoms with Crippen LogP contribution in [0.4, 0.5) is 17.1 Å². The molecule has 0 spiro atoms. The zero-order chi connectivity index (χ0) is 23.4. The molecule has 2 amide bonds. The molecule has 0 bridgehead atoms. The third-order valence-electron chi connectivity index (χ3n) is 4.43. The van der Waals surface area contributed by atoms with Crippen molar-refractivity contribution in [2.75, 3.05) is 16.4 Å². The number of carbonyl (C=O) groups excluding carboxylic acids is 2. The van der Waals surface area contributed by atoms with Crippen molar-refractivity contribution >= 4 is 78.1 Å². The minimum Gasteiger partial charge on any atom is -0.322 e. The number of halogens is 1. The number of para-hydroxylation sites is 2. The smallest absolute Gasteiger partial charge is 0.292 e. The average Bonchev–Trinajstić information content (AvgIpc) is 3.20. The molecule has 3 aromatic carbocycles. The molecule has 11 heteroatoms. The summed E-state index contributed by atoms with van der Waals surface area (Å²) in [5.74, 6) is -0.525. The summed E-state index contributed by atoms with van der Waals surface area (Å²) >= 11 is 5.98. The fourth-order valence-corrected chi connectivity index (χ4v) is 5.07. The number of anilines is 2. The van der Waals surface area contributed by atoms with Gasteiger partial charge in [0.05, 0.1) is 20.9 Å². The Bertz CT molecular complexity index is 1360. The van der Waals surface area contributed by atoms with Gasteiger partial charge in [-0.2, -0.15) is 0 Å². The predicted octanol–water partition coefficient (Wildman–Crippen LogP) is 5.95. The third kappa shape index (κ3) is 5.75. The van der Waals surface area contributed by atoms with Gasteiger partial charge in [0.15, 0.2) is 4.34 Å². The minimum absolute atomic E-state index is 0.0546. The van der Waals surface area contributed by atoms with Gasteiger partial charge in [0, 0.05) is 21.8 Å². The van der Waals surface area contributed by atoms with E-state index in [2.05, 4.69) is 31.5 Å². The first-order chi connectivity index (χ1) is 15.9. The normalized spacial score (nSPS) is 10.7. The lowest BCUT2D eigenvalue weighted by Gasteiger charge is -2.05. The highest BCUT2D eigenvalue weighted by Crippen LogP contribution is 2.32. The number of rotatable bonds is 7. The van der Waals surface area contributed by atoms with Gasteiger partial charge < -0.3 is 10.6 Å². The number of hydrogen-bond donors (Lipinski definition) is 2. The van der Waals surface area contributed by atoms with Crippen molar-refractivity contribution in [3.8, 4) is 0 Å². The fourth-order valence-electron chi connectivity index (χ4n) is 2.90. The molecule has 0 aliphatic heterocycles. The largest absolute Gasteiger partial charge is 0.322 e.